The fourth-order valence-corrected chi connectivity index (χ4v) is 4.95. The third-order valence-electron chi connectivity index (χ3n) is 5.23. The number of hydrogen-bond donors (Lipinski definition) is 0. The molecule has 3 aromatic carbocycles. The molecule has 2 heterocycles. The molecule has 2 aromatic heterocycles. The van der Waals surface area contributed by atoms with Crippen LogP contribution in [-0.4, -0.2) is 9.55 Å². The van der Waals surface area contributed by atoms with Crippen LogP contribution in [0.1, 0.15) is 11.1 Å². The smallest absolute Gasteiger partial charge is 0.336 e. The van der Waals surface area contributed by atoms with Gasteiger partial charge in [0.1, 0.15) is 5.58 Å². The number of nitrogens with zero attached hydrogens (tertiary/aromatic N) is 2. The Balaban J connectivity index is 1.65. The molecule has 5 rings (SSSR count). The van der Waals surface area contributed by atoms with Gasteiger partial charge < -0.3 is 4.42 Å². The van der Waals surface area contributed by atoms with E-state index in [0.29, 0.717) is 43.1 Å². The molecule has 164 valence electrons. The molecule has 0 fully saturated rings. The number of thioether (sulfide) groups is 1. The summed E-state index contributed by atoms with van der Waals surface area (Å²) >= 11 is 13.6. The molecular formula is C25H16Cl2N2O3S. The van der Waals surface area contributed by atoms with E-state index in [2.05, 4.69) is 0 Å². The van der Waals surface area contributed by atoms with Gasteiger partial charge in [0.25, 0.3) is 5.56 Å². The zero-order valence-electron chi connectivity index (χ0n) is 17.3. The lowest BCUT2D eigenvalue weighted by atomic mass is 10.1. The van der Waals surface area contributed by atoms with Crippen molar-refractivity contribution in [2.75, 3.05) is 0 Å². The Morgan fingerprint density at radius 1 is 0.909 bits per heavy atom. The van der Waals surface area contributed by atoms with Crippen molar-refractivity contribution < 1.29 is 4.42 Å². The molecule has 0 saturated carbocycles. The van der Waals surface area contributed by atoms with E-state index in [0.717, 1.165) is 16.5 Å². The first kappa shape index (κ1) is 21.8. The predicted molar refractivity (Wildman–Crippen MR) is 134 cm³/mol. The minimum atomic E-state index is -0.419. The van der Waals surface area contributed by atoms with E-state index in [1.165, 1.54) is 17.8 Å². The molecule has 0 aliphatic rings. The number of halogens is 2. The van der Waals surface area contributed by atoms with Gasteiger partial charge in [-0.2, -0.15) is 0 Å². The second-order valence-corrected chi connectivity index (χ2v) is 9.37. The van der Waals surface area contributed by atoms with Gasteiger partial charge in [-0.05, 0) is 66.6 Å². The van der Waals surface area contributed by atoms with Crippen molar-refractivity contribution in [2.45, 2.75) is 17.8 Å². The first-order chi connectivity index (χ1) is 15.9. The largest absolute Gasteiger partial charge is 0.423 e. The number of rotatable bonds is 4. The Hall–Kier alpha value is -3.06. The molecule has 8 heteroatoms. The van der Waals surface area contributed by atoms with Crippen molar-refractivity contribution in [3.8, 4) is 5.69 Å². The molecule has 0 aliphatic carbocycles. The van der Waals surface area contributed by atoms with E-state index in [1.807, 2.05) is 25.1 Å². The Labute approximate surface area is 202 Å². The summed E-state index contributed by atoms with van der Waals surface area (Å²) in [7, 11) is 0. The fraction of sp³-hybridized carbons (Fsp3) is 0.0800. The normalized spacial score (nSPS) is 11.4. The zero-order chi connectivity index (χ0) is 23.1. The maximum Gasteiger partial charge on any atom is 0.336 e. The maximum absolute atomic E-state index is 13.4. The molecule has 0 spiro atoms. The number of fused-ring (bicyclic) bond motifs is 2. The van der Waals surface area contributed by atoms with E-state index in [4.69, 9.17) is 32.6 Å². The molecule has 0 radical (unpaired) electrons. The second kappa shape index (κ2) is 8.71. The molecule has 0 amide bonds. The van der Waals surface area contributed by atoms with Crippen LogP contribution in [0.5, 0.6) is 0 Å². The lowest BCUT2D eigenvalue weighted by Crippen LogP contribution is -2.21. The van der Waals surface area contributed by atoms with Gasteiger partial charge in [0, 0.05) is 27.3 Å². The number of hydrogen-bond acceptors (Lipinski definition) is 5. The molecule has 0 atom stereocenters. The van der Waals surface area contributed by atoms with Gasteiger partial charge >= 0.3 is 5.63 Å². The van der Waals surface area contributed by atoms with Gasteiger partial charge in [-0.1, -0.05) is 47.1 Å². The quantitative estimate of drug-likeness (QED) is 0.164. The third kappa shape index (κ3) is 4.29. The summed E-state index contributed by atoms with van der Waals surface area (Å²) in [5.41, 5.74) is 2.85. The van der Waals surface area contributed by atoms with E-state index in [1.54, 1.807) is 47.0 Å². The topological polar surface area (TPSA) is 65.1 Å². The van der Waals surface area contributed by atoms with Gasteiger partial charge in [-0.3, -0.25) is 9.36 Å². The van der Waals surface area contributed by atoms with Crippen LogP contribution in [0.4, 0.5) is 0 Å². The van der Waals surface area contributed by atoms with Crippen molar-refractivity contribution in [3.63, 3.8) is 0 Å². The molecule has 0 unspecified atom stereocenters. The number of aromatic nitrogens is 2. The fourth-order valence-electron chi connectivity index (χ4n) is 3.65. The lowest BCUT2D eigenvalue weighted by Gasteiger charge is -2.14. The van der Waals surface area contributed by atoms with Crippen LogP contribution in [0.15, 0.2) is 85.9 Å². The van der Waals surface area contributed by atoms with Crippen LogP contribution in [0.25, 0.3) is 27.6 Å². The van der Waals surface area contributed by atoms with Crippen LogP contribution in [0.2, 0.25) is 10.0 Å². The highest BCUT2D eigenvalue weighted by Crippen LogP contribution is 2.29. The lowest BCUT2D eigenvalue weighted by molar-refractivity contribution is 0.559. The average molecular weight is 495 g/mol. The van der Waals surface area contributed by atoms with Crippen LogP contribution in [0, 0.1) is 6.92 Å². The summed E-state index contributed by atoms with van der Waals surface area (Å²) in [6.45, 7) is 1.94. The molecular weight excluding hydrogens is 479 g/mol. The molecule has 5 nitrogen and oxygen atoms in total. The first-order valence-corrected chi connectivity index (χ1v) is 11.8. The van der Waals surface area contributed by atoms with Gasteiger partial charge in [0.15, 0.2) is 5.16 Å². The SMILES string of the molecule is Cc1ccc2c(CSc3nc4cc(Cl)ccc4c(=O)n3-c3ccc(Cl)cc3)cc(=O)oc2c1. The summed E-state index contributed by atoms with van der Waals surface area (Å²) in [6.07, 6.45) is 0. The number of aryl methyl sites for hydroxylation is 1. The summed E-state index contributed by atoms with van der Waals surface area (Å²) in [6, 6.07) is 19.2. The second-order valence-electron chi connectivity index (χ2n) is 7.55. The Morgan fingerprint density at radius 2 is 1.64 bits per heavy atom. The van der Waals surface area contributed by atoms with E-state index in [9.17, 15) is 9.59 Å². The van der Waals surface area contributed by atoms with E-state index >= 15 is 0 Å². The highest BCUT2D eigenvalue weighted by molar-refractivity contribution is 7.98. The van der Waals surface area contributed by atoms with Crippen molar-refractivity contribution in [3.05, 3.63) is 109 Å². The van der Waals surface area contributed by atoms with Crippen molar-refractivity contribution in [1.29, 1.82) is 0 Å². The van der Waals surface area contributed by atoms with Crippen LogP contribution in [-0.2, 0) is 5.75 Å². The number of benzene rings is 3. The van der Waals surface area contributed by atoms with Crippen LogP contribution >= 0.6 is 35.0 Å². The highest BCUT2D eigenvalue weighted by Gasteiger charge is 2.15. The third-order valence-corrected chi connectivity index (χ3v) is 6.70. The monoisotopic (exact) mass is 494 g/mol. The minimum absolute atomic E-state index is 0.213. The standard InChI is InChI=1S/C25H16Cl2N2O3S/c1-14-2-8-19-15(11-23(30)32-22(19)10-14)13-33-25-28-21-12-17(27)5-9-20(21)24(31)29(25)18-6-3-16(26)4-7-18/h2-12H,13H2,1H3. The average Bonchev–Trinajstić information content (AvgIpc) is 2.77. The molecule has 0 saturated heterocycles. The molecule has 0 aliphatic heterocycles. The zero-order valence-corrected chi connectivity index (χ0v) is 19.7. The molecule has 0 bridgehead atoms. The highest BCUT2D eigenvalue weighted by atomic mass is 35.5. The first-order valence-electron chi connectivity index (χ1n) is 10.0. The maximum atomic E-state index is 13.4. The van der Waals surface area contributed by atoms with Gasteiger partial charge in [-0.25, -0.2) is 9.78 Å². The molecule has 5 aromatic rings. The van der Waals surface area contributed by atoms with Crippen molar-refractivity contribution >= 4 is 56.8 Å². The Bertz CT molecular complexity index is 1640. The summed E-state index contributed by atoms with van der Waals surface area (Å²) in [5.74, 6) is 0.414. The van der Waals surface area contributed by atoms with Crippen molar-refractivity contribution in [2.24, 2.45) is 0 Å². The van der Waals surface area contributed by atoms with Crippen LogP contribution < -0.4 is 11.2 Å². The van der Waals surface area contributed by atoms with Gasteiger partial charge in [0.05, 0.1) is 16.6 Å². The van der Waals surface area contributed by atoms with Gasteiger partial charge in [0.2, 0.25) is 0 Å². The minimum Gasteiger partial charge on any atom is -0.423 e. The summed E-state index contributed by atoms with van der Waals surface area (Å²) in [4.78, 5) is 30.3. The Morgan fingerprint density at radius 3 is 2.42 bits per heavy atom. The van der Waals surface area contributed by atoms with Crippen molar-refractivity contribution in [1.82, 2.24) is 9.55 Å². The summed E-state index contributed by atoms with van der Waals surface area (Å²) < 4.78 is 6.92. The predicted octanol–water partition coefficient (Wildman–Crippen LogP) is 6.40. The Kier molecular flexibility index (Phi) is 5.74. The molecule has 0 N–H and O–H groups in total. The van der Waals surface area contributed by atoms with E-state index < -0.39 is 5.63 Å². The van der Waals surface area contributed by atoms with E-state index in [-0.39, 0.29) is 5.56 Å². The summed E-state index contributed by atoms with van der Waals surface area (Å²) in [5, 5.41) is 2.85. The van der Waals surface area contributed by atoms with Gasteiger partial charge in [-0.15, -0.1) is 0 Å². The van der Waals surface area contributed by atoms with Crippen LogP contribution in [0.3, 0.4) is 0 Å². The molecule has 33 heavy (non-hydrogen) atoms.